The van der Waals surface area contributed by atoms with Crippen LogP contribution in [0.3, 0.4) is 0 Å². The van der Waals surface area contributed by atoms with Crippen LogP contribution in [0.15, 0.2) is 36.7 Å². The molecule has 0 bridgehead atoms. The van der Waals surface area contributed by atoms with Gasteiger partial charge in [-0.2, -0.15) is 0 Å². The predicted molar refractivity (Wildman–Crippen MR) is 128 cm³/mol. The van der Waals surface area contributed by atoms with E-state index in [1.165, 1.54) is 25.6 Å². The van der Waals surface area contributed by atoms with Crippen molar-refractivity contribution in [2.24, 2.45) is 0 Å². The van der Waals surface area contributed by atoms with Gasteiger partial charge in [-0.1, -0.05) is 11.6 Å². The van der Waals surface area contributed by atoms with Crippen molar-refractivity contribution in [1.82, 2.24) is 14.9 Å². The van der Waals surface area contributed by atoms with Gasteiger partial charge in [0, 0.05) is 23.7 Å². The van der Waals surface area contributed by atoms with E-state index < -0.39 is 5.82 Å². The van der Waals surface area contributed by atoms with Gasteiger partial charge in [-0.15, -0.1) is 0 Å². The number of benzene rings is 2. The average Bonchev–Trinajstić information content (AvgIpc) is 3.32. The van der Waals surface area contributed by atoms with E-state index >= 15 is 0 Å². The maximum absolute atomic E-state index is 13.5. The van der Waals surface area contributed by atoms with Crippen LogP contribution < -0.4 is 14.8 Å². The summed E-state index contributed by atoms with van der Waals surface area (Å²) >= 11 is 5.90. The highest BCUT2D eigenvalue weighted by molar-refractivity contribution is 6.31. The number of rotatable bonds is 9. The van der Waals surface area contributed by atoms with Gasteiger partial charge in [0.1, 0.15) is 24.0 Å². The third-order valence-corrected chi connectivity index (χ3v) is 6.08. The standard InChI is InChI=1S/C24H26ClFN4O4/c1-32-21-13-19-16(23(28-14-27-19)29-15-6-7-18(26)17(25)11-15)12-22(21)34-10-4-9-30-8-3-5-20(30)24(31)33-2/h6-7,11-14,20H,3-5,8-10H2,1-2H3,(H,27,28,29)/t20-/m0/s1. The molecule has 10 heteroatoms. The lowest BCUT2D eigenvalue weighted by molar-refractivity contribution is -0.145. The van der Waals surface area contributed by atoms with Crippen molar-refractivity contribution >= 4 is 40.0 Å². The summed E-state index contributed by atoms with van der Waals surface area (Å²) in [5.41, 5.74) is 1.25. The summed E-state index contributed by atoms with van der Waals surface area (Å²) < 4.78 is 29.9. The molecule has 3 aromatic rings. The van der Waals surface area contributed by atoms with Crippen molar-refractivity contribution in [1.29, 1.82) is 0 Å². The smallest absolute Gasteiger partial charge is 0.323 e. The van der Waals surface area contributed by atoms with Gasteiger partial charge in [0.15, 0.2) is 11.5 Å². The molecule has 1 aliphatic rings. The van der Waals surface area contributed by atoms with E-state index in [1.54, 1.807) is 19.2 Å². The quantitative estimate of drug-likeness (QED) is 0.346. The molecular formula is C24H26ClFN4O4. The molecule has 1 fully saturated rings. The number of methoxy groups -OCH3 is 2. The minimum absolute atomic E-state index is 0.0153. The summed E-state index contributed by atoms with van der Waals surface area (Å²) in [4.78, 5) is 22.7. The molecule has 2 heterocycles. The van der Waals surface area contributed by atoms with Gasteiger partial charge in [0.05, 0.1) is 31.4 Å². The molecule has 34 heavy (non-hydrogen) atoms. The number of carbonyl (C=O) groups is 1. The molecule has 4 rings (SSSR count). The number of esters is 1. The zero-order chi connectivity index (χ0) is 24.1. The van der Waals surface area contributed by atoms with E-state index in [4.69, 9.17) is 25.8 Å². The Bertz CT molecular complexity index is 1180. The van der Waals surface area contributed by atoms with Gasteiger partial charge < -0.3 is 19.5 Å². The Labute approximate surface area is 202 Å². The molecule has 1 saturated heterocycles. The Morgan fingerprint density at radius 1 is 1.24 bits per heavy atom. The maximum atomic E-state index is 13.5. The van der Waals surface area contributed by atoms with Crippen molar-refractivity contribution in [3.8, 4) is 11.5 Å². The lowest BCUT2D eigenvalue weighted by atomic mass is 10.2. The van der Waals surface area contributed by atoms with E-state index in [9.17, 15) is 9.18 Å². The number of nitrogens with one attached hydrogen (secondary N) is 1. The number of anilines is 2. The van der Waals surface area contributed by atoms with Gasteiger partial charge in [-0.25, -0.2) is 14.4 Å². The topological polar surface area (TPSA) is 85.8 Å². The van der Waals surface area contributed by atoms with E-state index in [-0.39, 0.29) is 17.0 Å². The molecule has 0 aliphatic carbocycles. The highest BCUT2D eigenvalue weighted by Gasteiger charge is 2.30. The fourth-order valence-corrected chi connectivity index (χ4v) is 4.27. The van der Waals surface area contributed by atoms with Crippen LogP contribution in [-0.4, -0.2) is 60.8 Å². The first-order valence-electron chi connectivity index (χ1n) is 11.0. The maximum Gasteiger partial charge on any atom is 0.323 e. The number of hydrogen-bond donors (Lipinski definition) is 1. The molecule has 1 N–H and O–H groups in total. The number of fused-ring (bicyclic) bond motifs is 1. The molecule has 180 valence electrons. The molecule has 0 amide bonds. The summed E-state index contributed by atoms with van der Waals surface area (Å²) in [5, 5.41) is 3.88. The van der Waals surface area contributed by atoms with Gasteiger partial charge in [-0.05, 0) is 50.1 Å². The molecule has 1 aromatic heterocycles. The van der Waals surface area contributed by atoms with Crippen LogP contribution >= 0.6 is 11.6 Å². The summed E-state index contributed by atoms with van der Waals surface area (Å²) in [5.74, 6) is 0.953. The summed E-state index contributed by atoms with van der Waals surface area (Å²) in [6.07, 6.45) is 3.97. The van der Waals surface area contributed by atoms with E-state index in [1.807, 2.05) is 6.07 Å². The normalized spacial score (nSPS) is 15.9. The largest absolute Gasteiger partial charge is 0.493 e. The van der Waals surface area contributed by atoms with Crippen molar-refractivity contribution in [2.75, 3.05) is 39.2 Å². The summed E-state index contributed by atoms with van der Waals surface area (Å²) in [7, 11) is 2.99. The van der Waals surface area contributed by atoms with Gasteiger partial charge in [0.2, 0.25) is 0 Å². The van der Waals surface area contributed by atoms with Crippen molar-refractivity contribution < 1.29 is 23.4 Å². The fraction of sp³-hybridized carbons (Fsp3) is 0.375. The lowest BCUT2D eigenvalue weighted by Gasteiger charge is -2.22. The molecule has 0 radical (unpaired) electrons. The third-order valence-electron chi connectivity index (χ3n) is 5.79. The second-order valence-corrected chi connectivity index (χ2v) is 8.32. The highest BCUT2D eigenvalue weighted by Crippen LogP contribution is 2.35. The molecule has 1 atom stereocenters. The van der Waals surface area contributed by atoms with Crippen molar-refractivity contribution in [3.63, 3.8) is 0 Å². The number of ether oxygens (including phenoxy) is 3. The van der Waals surface area contributed by atoms with Crippen LogP contribution in [0.4, 0.5) is 15.9 Å². The van der Waals surface area contributed by atoms with Crippen LogP contribution in [0.1, 0.15) is 19.3 Å². The first-order valence-corrected chi connectivity index (χ1v) is 11.4. The first-order chi connectivity index (χ1) is 16.5. The van der Waals surface area contributed by atoms with Crippen molar-refractivity contribution in [2.45, 2.75) is 25.3 Å². The summed E-state index contributed by atoms with van der Waals surface area (Å²) in [6.45, 7) is 2.05. The van der Waals surface area contributed by atoms with Crippen LogP contribution in [0.5, 0.6) is 11.5 Å². The van der Waals surface area contributed by atoms with Gasteiger partial charge in [-0.3, -0.25) is 9.69 Å². The number of likely N-dealkylation sites (tertiary alicyclic amines) is 1. The molecule has 8 nitrogen and oxygen atoms in total. The van der Waals surface area contributed by atoms with E-state index in [2.05, 4.69) is 20.2 Å². The fourth-order valence-electron chi connectivity index (χ4n) is 4.09. The molecule has 2 aromatic carbocycles. The van der Waals surface area contributed by atoms with E-state index in [0.717, 1.165) is 32.4 Å². The second kappa shape index (κ2) is 10.8. The Balaban J connectivity index is 1.48. The Morgan fingerprint density at radius 2 is 2.09 bits per heavy atom. The molecular weight excluding hydrogens is 463 g/mol. The lowest BCUT2D eigenvalue weighted by Crippen LogP contribution is -2.37. The average molecular weight is 489 g/mol. The third kappa shape index (κ3) is 5.31. The van der Waals surface area contributed by atoms with Gasteiger partial charge >= 0.3 is 5.97 Å². The number of aromatic nitrogens is 2. The number of nitrogens with zero attached hydrogens (tertiary/aromatic N) is 3. The second-order valence-electron chi connectivity index (χ2n) is 7.92. The Morgan fingerprint density at radius 3 is 2.85 bits per heavy atom. The SMILES string of the molecule is COC(=O)[C@@H]1CCCN1CCCOc1cc2c(Nc3ccc(F)c(Cl)c3)ncnc2cc1OC. The minimum atomic E-state index is -0.493. The molecule has 0 unspecified atom stereocenters. The van der Waals surface area contributed by atoms with E-state index in [0.29, 0.717) is 40.5 Å². The molecule has 1 aliphatic heterocycles. The number of halogens is 2. The Kier molecular flexibility index (Phi) is 7.64. The zero-order valence-corrected chi connectivity index (χ0v) is 19.8. The first kappa shape index (κ1) is 24.0. The zero-order valence-electron chi connectivity index (χ0n) is 19.0. The van der Waals surface area contributed by atoms with Crippen LogP contribution in [0.25, 0.3) is 10.9 Å². The number of hydrogen-bond acceptors (Lipinski definition) is 8. The number of carbonyl (C=O) groups excluding carboxylic acids is 1. The molecule has 0 saturated carbocycles. The predicted octanol–water partition coefficient (Wildman–Crippen LogP) is 4.58. The van der Waals surface area contributed by atoms with Gasteiger partial charge in [0.25, 0.3) is 0 Å². The Hall–Kier alpha value is -3.17. The van der Waals surface area contributed by atoms with Crippen LogP contribution in [0.2, 0.25) is 5.02 Å². The van der Waals surface area contributed by atoms with Crippen LogP contribution in [0, 0.1) is 5.82 Å². The van der Waals surface area contributed by atoms with Crippen LogP contribution in [-0.2, 0) is 9.53 Å². The van der Waals surface area contributed by atoms with Crippen molar-refractivity contribution in [3.05, 3.63) is 47.5 Å². The highest BCUT2D eigenvalue weighted by atomic mass is 35.5. The molecule has 0 spiro atoms. The summed E-state index contributed by atoms with van der Waals surface area (Å²) in [6, 6.07) is 7.78. The minimum Gasteiger partial charge on any atom is -0.493 e. The monoisotopic (exact) mass is 488 g/mol.